The number of amides is 1. The van der Waals surface area contributed by atoms with Crippen molar-refractivity contribution in [2.45, 2.75) is 6.42 Å². The van der Waals surface area contributed by atoms with Crippen LogP contribution in [-0.2, 0) is 18.3 Å². The second kappa shape index (κ2) is 7.48. The monoisotopic (exact) mass is 369 g/mol. The largest absolute Gasteiger partial charge is 0.326 e. The summed E-state index contributed by atoms with van der Waals surface area (Å²) < 4.78 is 1.30. The average molecular weight is 369 g/mol. The topological polar surface area (TPSA) is 64.0 Å². The summed E-state index contributed by atoms with van der Waals surface area (Å²) in [5, 5.41) is 9.40. The third kappa shape index (κ3) is 3.69. The van der Waals surface area contributed by atoms with E-state index in [1.165, 1.54) is 10.7 Å². The first-order chi connectivity index (χ1) is 13.6. The fourth-order valence-electron chi connectivity index (χ4n) is 3.21. The smallest absolute Gasteiger partial charge is 0.266 e. The third-order valence-electron chi connectivity index (χ3n) is 4.66. The van der Waals surface area contributed by atoms with Crippen LogP contribution in [0.3, 0.4) is 0 Å². The molecule has 0 aliphatic rings. The van der Waals surface area contributed by atoms with Crippen molar-refractivity contribution in [1.82, 2.24) is 9.78 Å². The number of nitrogens with zero attached hydrogens (tertiary/aromatic N) is 2. The molecule has 1 amide bonds. The van der Waals surface area contributed by atoms with Gasteiger partial charge in [0.25, 0.3) is 5.56 Å². The molecule has 0 aliphatic heterocycles. The molecule has 0 fully saturated rings. The molecule has 1 heterocycles. The van der Waals surface area contributed by atoms with E-state index in [1.54, 1.807) is 13.1 Å². The van der Waals surface area contributed by atoms with E-state index in [0.717, 1.165) is 27.6 Å². The number of carbonyl (C=O) groups is 1. The number of hydrogen-bond donors (Lipinski definition) is 1. The van der Waals surface area contributed by atoms with Crippen LogP contribution in [0.4, 0.5) is 5.69 Å². The molecule has 28 heavy (non-hydrogen) atoms. The van der Waals surface area contributed by atoms with E-state index in [9.17, 15) is 9.59 Å². The first kappa shape index (κ1) is 17.7. The molecule has 0 saturated heterocycles. The lowest BCUT2D eigenvalue weighted by atomic mass is 10.0. The maximum atomic E-state index is 12.5. The van der Waals surface area contributed by atoms with E-state index in [2.05, 4.69) is 10.4 Å². The van der Waals surface area contributed by atoms with Crippen LogP contribution >= 0.6 is 0 Å². The van der Waals surface area contributed by atoms with Crippen LogP contribution in [0.2, 0.25) is 0 Å². The Morgan fingerprint density at radius 2 is 1.68 bits per heavy atom. The summed E-state index contributed by atoms with van der Waals surface area (Å²) in [6.07, 6.45) is 0.311. The van der Waals surface area contributed by atoms with E-state index in [1.807, 2.05) is 66.7 Å². The first-order valence-corrected chi connectivity index (χ1v) is 9.01. The van der Waals surface area contributed by atoms with Gasteiger partial charge in [0, 0.05) is 24.4 Å². The normalized spacial score (nSPS) is 10.8. The molecule has 4 aromatic rings. The van der Waals surface area contributed by atoms with Gasteiger partial charge >= 0.3 is 0 Å². The van der Waals surface area contributed by atoms with Crippen LogP contribution in [0.25, 0.3) is 22.0 Å². The van der Waals surface area contributed by atoms with Crippen LogP contribution in [0.1, 0.15) is 5.56 Å². The predicted molar refractivity (Wildman–Crippen MR) is 111 cm³/mol. The number of anilines is 1. The Morgan fingerprint density at radius 1 is 0.929 bits per heavy atom. The van der Waals surface area contributed by atoms with Crippen molar-refractivity contribution in [3.05, 3.63) is 94.8 Å². The second-order valence-corrected chi connectivity index (χ2v) is 6.62. The van der Waals surface area contributed by atoms with E-state index < -0.39 is 0 Å². The molecule has 5 heteroatoms. The number of nitrogens with one attached hydrogen (secondary N) is 1. The third-order valence-corrected chi connectivity index (χ3v) is 4.66. The highest BCUT2D eigenvalue weighted by atomic mass is 16.1. The van der Waals surface area contributed by atoms with Gasteiger partial charge in [0.05, 0.1) is 12.1 Å². The van der Waals surface area contributed by atoms with Gasteiger partial charge in [-0.3, -0.25) is 9.59 Å². The van der Waals surface area contributed by atoms with E-state index >= 15 is 0 Å². The standard InChI is InChI=1S/C23H19N3O2/c1-26-23(28)14-13-21(25-26)17-9-11-19(12-10-17)24-22(27)15-18-7-4-6-16-5-2-3-8-20(16)18/h2-14H,15H2,1H3,(H,24,27). The van der Waals surface area contributed by atoms with Gasteiger partial charge in [-0.05, 0) is 34.5 Å². The zero-order valence-corrected chi connectivity index (χ0v) is 15.4. The minimum atomic E-state index is -0.152. The number of hydrogen-bond acceptors (Lipinski definition) is 3. The Morgan fingerprint density at radius 3 is 2.46 bits per heavy atom. The Bertz CT molecular complexity index is 1210. The van der Waals surface area contributed by atoms with Gasteiger partial charge in [-0.25, -0.2) is 4.68 Å². The van der Waals surface area contributed by atoms with Crippen LogP contribution in [-0.4, -0.2) is 15.7 Å². The van der Waals surface area contributed by atoms with Gasteiger partial charge in [0.15, 0.2) is 0 Å². The number of benzene rings is 3. The molecule has 0 radical (unpaired) electrons. The molecular weight excluding hydrogens is 350 g/mol. The molecule has 0 saturated carbocycles. The second-order valence-electron chi connectivity index (χ2n) is 6.62. The van der Waals surface area contributed by atoms with Crippen molar-refractivity contribution < 1.29 is 4.79 Å². The van der Waals surface area contributed by atoms with E-state index in [0.29, 0.717) is 12.1 Å². The van der Waals surface area contributed by atoms with Crippen molar-refractivity contribution in [1.29, 1.82) is 0 Å². The van der Waals surface area contributed by atoms with Crippen LogP contribution in [0, 0.1) is 0 Å². The highest BCUT2D eigenvalue weighted by Gasteiger charge is 2.08. The summed E-state index contributed by atoms with van der Waals surface area (Å²) in [4.78, 5) is 24.0. The Hall–Kier alpha value is -3.73. The lowest BCUT2D eigenvalue weighted by Crippen LogP contribution is -2.18. The molecule has 3 aromatic carbocycles. The number of fused-ring (bicyclic) bond motifs is 1. The van der Waals surface area contributed by atoms with Crippen LogP contribution in [0.5, 0.6) is 0 Å². The van der Waals surface area contributed by atoms with Gasteiger partial charge < -0.3 is 5.32 Å². The van der Waals surface area contributed by atoms with Crippen molar-refractivity contribution in [2.75, 3.05) is 5.32 Å². The van der Waals surface area contributed by atoms with Crippen LogP contribution in [0.15, 0.2) is 83.7 Å². The molecule has 0 atom stereocenters. The van der Waals surface area contributed by atoms with Gasteiger partial charge in [0.2, 0.25) is 5.91 Å². The minimum absolute atomic E-state index is 0.0654. The summed E-state index contributed by atoms with van der Waals surface area (Å²) in [6.45, 7) is 0. The maximum absolute atomic E-state index is 12.5. The van der Waals surface area contributed by atoms with Gasteiger partial charge in [0.1, 0.15) is 0 Å². The Kier molecular flexibility index (Phi) is 4.72. The highest BCUT2D eigenvalue weighted by molar-refractivity contribution is 5.96. The zero-order chi connectivity index (χ0) is 19.5. The number of rotatable bonds is 4. The van der Waals surface area contributed by atoms with Gasteiger partial charge in [-0.15, -0.1) is 0 Å². The fourth-order valence-corrected chi connectivity index (χ4v) is 3.21. The van der Waals surface area contributed by atoms with Crippen molar-refractivity contribution in [3.63, 3.8) is 0 Å². The minimum Gasteiger partial charge on any atom is -0.326 e. The maximum Gasteiger partial charge on any atom is 0.266 e. The van der Waals surface area contributed by atoms with E-state index in [-0.39, 0.29) is 11.5 Å². The molecule has 0 bridgehead atoms. The van der Waals surface area contributed by atoms with E-state index in [4.69, 9.17) is 0 Å². The van der Waals surface area contributed by atoms with Crippen LogP contribution < -0.4 is 10.9 Å². The first-order valence-electron chi connectivity index (χ1n) is 9.01. The van der Waals surface area contributed by atoms with Gasteiger partial charge in [-0.1, -0.05) is 54.6 Å². The molecule has 0 spiro atoms. The number of aromatic nitrogens is 2. The van der Waals surface area contributed by atoms with Gasteiger partial charge in [-0.2, -0.15) is 5.10 Å². The summed E-state index contributed by atoms with van der Waals surface area (Å²) in [5.74, 6) is -0.0654. The summed E-state index contributed by atoms with van der Waals surface area (Å²) in [7, 11) is 1.62. The Balaban J connectivity index is 1.49. The molecule has 1 N–H and O–H groups in total. The zero-order valence-electron chi connectivity index (χ0n) is 15.4. The van der Waals surface area contributed by atoms with Crippen molar-refractivity contribution in [2.24, 2.45) is 7.05 Å². The lowest BCUT2D eigenvalue weighted by molar-refractivity contribution is -0.115. The van der Waals surface area contributed by atoms with Crippen molar-refractivity contribution in [3.8, 4) is 11.3 Å². The molecule has 0 aliphatic carbocycles. The quantitative estimate of drug-likeness (QED) is 0.595. The lowest BCUT2D eigenvalue weighted by Gasteiger charge is -2.09. The molecule has 138 valence electrons. The highest BCUT2D eigenvalue weighted by Crippen LogP contribution is 2.21. The molecule has 5 nitrogen and oxygen atoms in total. The van der Waals surface area contributed by atoms with Crippen molar-refractivity contribution >= 4 is 22.4 Å². The average Bonchev–Trinajstić information content (AvgIpc) is 2.71. The summed E-state index contributed by atoms with van der Waals surface area (Å²) in [6, 6.07) is 24.7. The molecule has 1 aromatic heterocycles. The number of aryl methyl sites for hydroxylation is 1. The molecule has 0 unspecified atom stereocenters. The number of carbonyl (C=O) groups excluding carboxylic acids is 1. The Labute approximate surface area is 162 Å². The fraction of sp³-hybridized carbons (Fsp3) is 0.0870. The summed E-state index contributed by atoms with van der Waals surface area (Å²) >= 11 is 0. The summed E-state index contributed by atoms with van der Waals surface area (Å²) in [5.41, 5.74) is 3.15. The molecule has 4 rings (SSSR count). The SMILES string of the molecule is Cn1nc(-c2ccc(NC(=O)Cc3cccc4ccccc34)cc2)ccc1=O. The predicted octanol–water partition coefficient (Wildman–Crippen LogP) is 3.78. The molecular formula is C23H19N3O2.